The van der Waals surface area contributed by atoms with E-state index in [1.54, 1.807) is 13.3 Å². The van der Waals surface area contributed by atoms with Gasteiger partial charge in [-0.05, 0) is 29.7 Å². The average molecular weight is 405 g/mol. The van der Waals surface area contributed by atoms with E-state index in [-0.39, 0.29) is 5.92 Å². The Hall–Kier alpha value is -2.03. The van der Waals surface area contributed by atoms with Crippen LogP contribution in [0.5, 0.6) is 0 Å². The molecule has 0 aromatic carbocycles. The van der Waals surface area contributed by atoms with Gasteiger partial charge in [0, 0.05) is 31.3 Å². The van der Waals surface area contributed by atoms with Crippen LogP contribution in [-0.2, 0) is 15.5 Å². The van der Waals surface area contributed by atoms with Crippen LogP contribution in [-0.4, -0.2) is 40.7 Å². The van der Waals surface area contributed by atoms with E-state index in [1.807, 2.05) is 19.2 Å². The molecule has 0 aliphatic heterocycles. The molecule has 0 aliphatic rings. The van der Waals surface area contributed by atoms with Gasteiger partial charge in [-0.3, -0.25) is 4.21 Å². The van der Waals surface area contributed by atoms with Crippen molar-refractivity contribution in [1.82, 2.24) is 9.97 Å². The average Bonchev–Trinajstić information content (AvgIpc) is 3.02. The number of ether oxygens (including phenoxy) is 1. The van der Waals surface area contributed by atoms with Crippen LogP contribution in [0.15, 0.2) is 28.6 Å². The van der Waals surface area contributed by atoms with Gasteiger partial charge < -0.3 is 15.8 Å². The number of pyridine rings is 2. The summed E-state index contributed by atoms with van der Waals surface area (Å²) in [5.74, 6) is 1.49. The maximum atomic E-state index is 12.6. The number of rotatable bonds is 7. The lowest BCUT2D eigenvalue weighted by Crippen LogP contribution is -2.05. The highest BCUT2D eigenvalue weighted by atomic mass is 32.2. The minimum absolute atomic E-state index is 0.260. The molecule has 3 heterocycles. The predicted molar refractivity (Wildman–Crippen MR) is 114 cm³/mol. The van der Waals surface area contributed by atoms with Crippen LogP contribution in [0.4, 0.5) is 11.5 Å². The van der Waals surface area contributed by atoms with Crippen molar-refractivity contribution >= 4 is 43.9 Å². The molecule has 0 aliphatic carbocycles. The van der Waals surface area contributed by atoms with E-state index in [4.69, 9.17) is 15.5 Å². The lowest BCUT2D eigenvalue weighted by atomic mass is 9.98. The van der Waals surface area contributed by atoms with Gasteiger partial charge in [0.15, 0.2) is 0 Å². The number of nitrogens with zero attached hydrogens (tertiary/aromatic N) is 2. The molecule has 0 unspecified atom stereocenters. The number of methoxy groups -OCH3 is 1. The number of hydrogen-bond acceptors (Lipinski definition) is 7. The topological polar surface area (TPSA) is 90.1 Å². The van der Waals surface area contributed by atoms with Crippen molar-refractivity contribution in [2.24, 2.45) is 0 Å². The third-order valence-electron chi connectivity index (χ3n) is 4.31. The minimum Gasteiger partial charge on any atom is -0.396 e. The van der Waals surface area contributed by atoms with E-state index in [1.165, 1.54) is 11.3 Å². The first-order valence-corrected chi connectivity index (χ1v) is 10.8. The number of thiophene rings is 1. The molecule has 3 N–H and O–H groups in total. The fourth-order valence-corrected chi connectivity index (χ4v) is 5.42. The van der Waals surface area contributed by atoms with Crippen molar-refractivity contribution in [1.29, 1.82) is 0 Å². The molecule has 0 spiro atoms. The second-order valence-electron chi connectivity index (χ2n) is 6.46. The van der Waals surface area contributed by atoms with Gasteiger partial charge in [0.05, 0.1) is 34.5 Å². The molecule has 144 valence electrons. The summed E-state index contributed by atoms with van der Waals surface area (Å²) >= 11 is 1.41. The highest BCUT2D eigenvalue weighted by Crippen LogP contribution is 2.41. The number of fused-ring (bicyclic) bond motifs is 1. The van der Waals surface area contributed by atoms with Crippen molar-refractivity contribution < 1.29 is 8.95 Å². The third-order valence-corrected chi connectivity index (χ3v) is 7.19. The minimum atomic E-state index is -1.20. The molecular weight excluding hydrogens is 380 g/mol. The summed E-state index contributed by atoms with van der Waals surface area (Å²) in [6.45, 7) is 4.68. The summed E-state index contributed by atoms with van der Waals surface area (Å²) in [6.07, 6.45) is 1.80. The Kier molecular flexibility index (Phi) is 6.08. The molecule has 3 aromatic rings. The summed E-state index contributed by atoms with van der Waals surface area (Å²) in [7, 11) is 2.24. The van der Waals surface area contributed by atoms with Crippen LogP contribution in [0.1, 0.15) is 25.3 Å². The molecule has 0 amide bonds. The third kappa shape index (κ3) is 3.97. The first-order chi connectivity index (χ1) is 13.0. The number of nitrogens with two attached hydrogens (primary N) is 1. The Morgan fingerprint density at radius 2 is 2.15 bits per heavy atom. The van der Waals surface area contributed by atoms with Crippen LogP contribution in [0.3, 0.4) is 0 Å². The SMILES string of the molecule is CNc1ccc(-c2cc(C(C)C)c3c(N)c([S@](=O)CCOC)sc3n2)cn1. The molecule has 0 bridgehead atoms. The summed E-state index contributed by atoms with van der Waals surface area (Å²) in [6, 6.07) is 5.98. The fraction of sp³-hybridized carbons (Fsp3) is 0.368. The Balaban J connectivity index is 2.14. The molecule has 0 fully saturated rings. The van der Waals surface area contributed by atoms with E-state index in [0.29, 0.717) is 22.3 Å². The van der Waals surface area contributed by atoms with Crippen molar-refractivity contribution in [2.75, 3.05) is 37.6 Å². The Morgan fingerprint density at radius 1 is 1.37 bits per heavy atom. The zero-order valence-electron chi connectivity index (χ0n) is 15.9. The second kappa shape index (κ2) is 8.33. The first-order valence-electron chi connectivity index (χ1n) is 8.70. The second-order valence-corrected chi connectivity index (χ2v) is 9.22. The number of nitrogens with one attached hydrogen (secondary N) is 1. The van der Waals surface area contributed by atoms with Crippen molar-refractivity contribution in [3.05, 3.63) is 30.0 Å². The van der Waals surface area contributed by atoms with Gasteiger partial charge in [-0.1, -0.05) is 13.8 Å². The number of nitrogen functional groups attached to an aromatic ring is 1. The highest BCUT2D eigenvalue weighted by Gasteiger charge is 2.21. The quantitative estimate of drug-likeness (QED) is 0.621. The zero-order chi connectivity index (χ0) is 19.6. The van der Waals surface area contributed by atoms with Gasteiger partial charge in [-0.25, -0.2) is 9.97 Å². The van der Waals surface area contributed by atoms with Crippen LogP contribution < -0.4 is 11.1 Å². The fourth-order valence-electron chi connectivity index (χ4n) is 2.85. The maximum Gasteiger partial charge on any atom is 0.127 e. The molecule has 3 rings (SSSR count). The maximum absolute atomic E-state index is 12.6. The van der Waals surface area contributed by atoms with Gasteiger partial charge >= 0.3 is 0 Å². The summed E-state index contributed by atoms with van der Waals surface area (Å²) < 4.78 is 18.3. The van der Waals surface area contributed by atoms with E-state index >= 15 is 0 Å². The van der Waals surface area contributed by atoms with Crippen LogP contribution >= 0.6 is 11.3 Å². The first kappa shape index (κ1) is 19.7. The summed E-state index contributed by atoms with van der Waals surface area (Å²) in [5, 5.41) is 3.93. The van der Waals surface area contributed by atoms with Gasteiger partial charge in [-0.2, -0.15) is 0 Å². The zero-order valence-corrected chi connectivity index (χ0v) is 17.5. The highest BCUT2D eigenvalue weighted by molar-refractivity contribution is 7.87. The van der Waals surface area contributed by atoms with Gasteiger partial charge in [0.25, 0.3) is 0 Å². The molecule has 0 saturated carbocycles. The van der Waals surface area contributed by atoms with Crippen molar-refractivity contribution in [3.8, 4) is 11.3 Å². The van der Waals surface area contributed by atoms with Crippen molar-refractivity contribution in [3.63, 3.8) is 0 Å². The van der Waals surface area contributed by atoms with Crippen LogP contribution in [0, 0.1) is 0 Å². The molecule has 1 atom stereocenters. The molecule has 0 radical (unpaired) electrons. The molecule has 8 heteroatoms. The van der Waals surface area contributed by atoms with Crippen molar-refractivity contribution in [2.45, 2.75) is 24.0 Å². The Morgan fingerprint density at radius 3 is 2.74 bits per heavy atom. The van der Waals surface area contributed by atoms with Gasteiger partial charge in [0.1, 0.15) is 14.9 Å². The summed E-state index contributed by atoms with van der Waals surface area (Å²) in [5.41, 5.74) is 9.86. The van der Waals surface area contributed by atoms with E-state index in [9.17, 15) is 4.21 Å². The van der Waals surface area contributed by atoms with Crippen LogP contribution in [0.2, 0.25) is 0 Å². The largest absolute Gasteiger partial charge is 0.396 e. The number of hydrogen-bond donors (Lipinski definition) is 2. The van der Waals surface area contributed by atoms with Gasteiger partial charge in [0.2, 0.25) is 0 Å². The smallest absolute Gasteiger partial charge is 0.127 e. The molecule has 0 saturated heterocycles. The number of anilines is 2. The predicted octanol–water partition coefficient (Wildman–Crippen LogP) is 3.86. The van der Waals surface area contributed by atoms with Gasteiger partial charge in [-0.15, -0.1) is 11.3 Å². The summed E-state index contributed by atoms with van der Waals surface area (Å²) in [4.78, 5) is 9.99. The standard InChI is InChI=1S/C19H24N4O2S2/c1-11(2)13-9-14(12-5-6-15(21-3)22-10-12)23-18-16(13)17(20)19(26-18)27(24)8-7-25-4/h5-6,9-11H,7-8,20H2,1-4H3,(H,21,22)/t27-/m1/s1. The Bertz CT molecular complexity index is 968. The van der Waals surface area contributed by atoms with E-state index in [0.717, 1.165) is 32.9 Å². The van der Waals surface area contributed by atoms with E-state index < -0.39 is 10.8 Å². The molecule has 27 heavy (non-hydrogen) atoms. The van der Waals surface area contributed by atoms with E-state index in [2.05, 4.69) is 30.2 Å². The monoisotopic (exact) mass is 404 g/mol. The molecular formula is C19H24N4O2S2. The van der Waals surface area contributed by atoms with Crippen LogP contribution in [0.25, 0.3) is 21.5 Å². The Labute approximate surface area is 165 Å². The lowest BCUT2D eigenvalue weighted by molar-refractivity contribution is 0.218. The number of aromatic nitrogens is 2. The molecule has 6 nitrogen and oxygen atoms in total. The lowest BCUT2D eigenvalue weighted by Gasteiger charge is -2.11. The normalized spacial score (nSPS) is 12.6. The molecule has 3 aromatic heterocycles.